The molecule has 1 aliphatic rings. The first kappa shape index (κ1) is 14.5. The highest BCUT2D eigenvalue weighted by Crippen LogP contribution is 2.38. The van der Waals surface area contributed by atoms with Gasteiger partial charge in [0.2, 0.25) is 5.76 Å². The van der Waals surface area contributed by atoms with E-state index in [4.69, 9.17) is 4.42 Å². The van der Waals surface area contributed by atoms with E-state index in [1.165, 1.54) is 12.6 Å². The van der Waals surface area contributed by atoms with Crippen molar-refractivity contribution in [1.29, 1.82) is 0 Å². The predicted octanol–water partition coefficient (Wildman–Crippen LogP) is 1.97. The summed E-state index contributed by atoms with van der Waals surface area (Å²) in [6, 6.07) is 1.88. The van der Waals surface area contributed by atoms with Crippen LogP contribution in [0.3, 0.4) is 0 Å². The maximum absolute atomic E-state index is 12.7. The summed E-state index contributed by atoms with van der Waals surface area (Å²) in [5.41, 5.74) is 0.330. The van der Waals surface area contributed by atoms with Gasteiger partial charge in [-0.2, -0.15) is 0 Å². The first-order chi connectivity index (χ1) is 10.5. The third-order valence-electron chi connectivity index (χ3n) is 4.12. The van der Waals surface area contributed by atoms with Gasteiger partial charge in [0, 0.05) is 25.4 Å². The van der Waals surface area contributed by atoms with Crippen LogP contribution in [0, 0.1) is 6.92 Å². The van der Waals surface area contributed by atoms with Crippen molar-refractivity contribution in [1.82, 2.24) is 19.9 Å². The summed E-state index contributed by atoms with van der Waals surface area (Å²) in [5.74, 6) is 1.48. The lowest BCUT2D eigenvalue weighted by atomic mass is 9.97. The van der Waals surface area contributed by atoms with Crippen molar-refractivity contribution in [3.8, 4) is 0 Å². The van der Waals surface area contributed by atoms with Gasteiger partial charge in [-0.1, -0.05) is 0 Å². The zero-order valence-electron chi connectivity index (χ0n) is 13.0. The van der Waals surface area contributed by atoms with Crippen LogP contribution in [0.4, 0.5) is 5.82 Å². The van der Waals surface area contributed by atoms with Crippen molar-refractivity contribution in [3.05, 3.63) is 35.9 Å². The van der Waals surface area contributed by atoms with Crippen molar-refractivity contribution in [2.75, 3.05) is 18.9 Å². The molecule has 2 aromatic rings. The van der Waals surface area contributed by atoms with Gasteiger partial charge in [-0.15, -0.1) is 0 Å². The number of hydrogen-bond donors (Lipinski definition) is 1. The van der Waals surface area contributed by atoms with E-state index in [1.54, 1.807) is 4.90 Å². The van der Waals surface area contributed by atoms with Crippen LogP contribution in [-0.2, 0) is 5.54 Å². The molecule has 116 valence electrons. The number of oxazole rings is 1. The molecule has 0 aromatic carbocycles. The van der Waals surface area contributed by atoms with Crippen LogP contribution < -0.4 is 5.32 Å². The van der Waals surface area contributed by atoms with E-state index in [-0.39, 0.29) is 11.7 Å². The summed E-state index contributed by atoms with van der Waals surface area (Å²) in [5, 5.41) is 3.04. The van der Waals surface area contributed by atoms with Gasteiger partial charge in [-0.25, -0.2) is 15.0 Å². The van der Waals surface area contributed by atoms with E-state index in [0.29, 0.717) is 12.4 Å². The molecule has 22 heavy (non-hydrogen) atoms. The Morgan fingerprint density at radius 2 is 2.27 bits per heavy atom. The van der Waals surface area contributed by atoms with Crippen molar-refractivity contribution in [2.45, 2.75) is 32.2 Å². The molecule has 2 aromatic heterocycles. The average molecular weight is 301 g/mol. The summed E-state index contributed by atoms with van der Waals surface area (Å²) >= 11 is 0. The third-order valence-corrected chi connectivity index (χ3v) is 4.12. The Balaban J connectivity index is 2.00. The molecule has 1 unspecified atom stereocenters. The fraction of sp³-hybridized carbons (Fsp3) is 0.467. The number of anilines is 1. The summed E-state index contributed by atoms with van der Waals surface area (Å²) in [4.78, 5) is 27.4. The molecule has 0 saturated carbocycles. The Bertz CT molecular complexity index is 685. The summed E-state index contributed by atoms with van der Waals surface area (Å²) < 4.78 is 5.15. The number of amides is 1. The van der Waals surface area contributed by atoms with Gasteiger partial charge in [0.15, 0.2) is 12.2 Å². The standard InChI is InChI=1S/C15H19N5O2/c1-10-7-12(16-3)19-14(18-10)15(2)5-4-6-20(15)13(21)11-8-17-9-22-11/h7-9H,4-6H2,1-3H3,(H,16,18,19). The minimum atomic E-state index is -0.540. The van der Waals surface area contributed by atoms with Crippen LogP contribution in [0.15, 0.2) is 23.1 Å². The molecule has 3 rings (SSSR count). The maximum atomic E-state index is 12.7. The van der Waals surface area contributed by atoms with Crippen LogP contribution in [-0.4, -0.2) is 39.4 Å². The Kier molecular flexibility index (Phi) is 3.56. The predicted molar refractivity (Wildman–Crippen MR) is 80.4 cm³/mol. The first-order valence-electron chi connectivity index (χ1n) is 7.29. The van der Waals surface area contributed by atoms with Crippen molar-refractivity contribution in [2.24, 2.45) is 0 Å². The largest absolute Gasteiger partial charge is 0.438 e. The topological polar surface area (TPSA) is 84.2 Å². The number of aromatic nitrogens is 3. The number of nitrogens with zero attached hydrogens (tertiary/aromatic N) is 4. The molecule has 0 spiro atoms. The number of hydrogen-bond acceptors (Lipinski definition) is 6. The van der Waals surface area contributed by atoms with Crippen LogP contribution in [0.1, 0.15) is 41.8 Å². The van der Waals surface area contributed by atoms with Gasteiger partial charge >= 0.3 is 0 Å². The van der Waals surface area contributed by atoms with Crippen molar-refractivity contribution < 1.29 is 9.21 Å². The fourth-order valence-corrected chi connectivity index (χ4v) is 2.91. The highest BCUT2D eigenvalue weighted by Gasteiger charge is 2.44. The van der Waals surface area contributed by atoms with Gasteiger partial charge in [0.1, 0.15) is 11.4 Å². The van der Waals surface area contributed by atoms with Gasteiger partial charge in [-0.05, 0) is 26.7 Å². The summed E-state index contributed by atoms with van der Waals surface area (Å²) in [7, 11) is 1.82. The number of likely N-dealkylation sites (tertiary alicyclic amines) is 1. The third kappa shape index (κ3) is 2.32. The van der Waals surface area contributed by atoms with Crippen LogP contribution in [0.25, 0.3) is 0 Å². The monoisotopic (exact) mass is 301 g/mol. The Morgan fingerprint density at radius 1 is 1.45 bits per heavy atom. The summed E-state index contributed by atoms with van der Waals surface area (Å²) in [6.45, 7) is 4.58. The number of carbonyl (C=O) groups excluding carboxylic acids is 1. The number of rotatable bonds is 3. The molecule has 1 N–H and O–H groups in total. The van der Waals surface area contributed by atoms with Gasteiger partial charge in [0.05, 0.1) is 6.20 Å². The molecule has 1 atom stereocenters. The smallest absolute Gasteiger partial charge is 0.292 e. The quantitative estimate of drug-likeness (QED) is 0.933. The second-order valence-electron chi connectivity index (χ2n) is 5.67. The van der Waals surface area contributed by atoms with Gasteiger partial charge in [-0.3, -0.25) is 4.79 Å². The van der Waals surface area contributed by atoms with E-state index >= 15 is 0 Å². The molecule has 0 radical (unpaired) electrons. The van der Waals surface area contributed by atoms with E-state index < -0.39 is 5.54 Å². The second-order valence-corrected chi connectivity index (χ2v) is 5.67. The van der Waals surface area contributed by atoms with Crippen molar-refractivity contribution in [3.63, 3.8) is 0 Å². The first-order valence-corrected chi connectivity index (χ1v) is 7.29. The average Bonchev–Trinajstić information content (AvgIpc) is 3.16. The highest BCUT2D eigenvalue weighted by atomic mass is 16.3. The highest BCUT2D eigenvalue weighted by molar-refractivity contribution is 5.92. The normalized spacial score (nSPS) is 21.1. The van der Waals surface area contributed by atoms with Crippen LogP contribution >= 0.6 is 0 Å². The molecule has 1 amide bonds. The Morgan fingerprint density at radius 3 is 2.95 bits per heavy atom. The Labute approximate surface area is 128 Å². The molecule has 0 aliphatic carbocycles. The van der Waals surface area contributed by atoms with Crippen LogP contribution in [0.2, 0.25) is 0 Å². The molecular weight excluding hydrogens is 282 g/mol. The number of carbonyl (C=O) groups is 1. The van der Waals surface area contributed by atoms with Gasteiger partial charge in [0.25, 0.3) is 5.91 Å². The van der Waals surface area contributed by atoms with Crippen molar-refractivity contribution >= 4 is 11.7 Å². The van der Waals surface area contributed by atoms with E-state index in [1.807, 2.05) is 27.0 Å². The van der Waals surface area contributed by atoms with E-state index in [2.05, 4.69) is 20.3 Å². The molecule has 1 fully saturated rings. The molecule has 0 bridgehead atoms. The molecule has 7 heteroatoms. The molecule has 3 heterocycles. The van der Waals surface area contributed by atoms with Crippen LogP contribution in [0.5, 0.6) is 0 Å². The second kappa shape index (κ2) is 5.40. The molecule has 1 aliphatic heterocycles. The lowest BCUT2D eigenvalue weighted by molar-refractivity contribution is 0.0571. The molecule has 7 nitrogen and oxygen atoms in total. The van der Waals surface area contributed by atoms with Gasteiger partial charge < -0.3 is 14.6 Å². The lowest BCUT2D eigenvalue weighted by Gasteiger charge is -2.33. The molecular formula is C15H19N5O2. The minimum Gasteiger partial charge on any atom is -0.438 e. The molecule has 1 saturated heterocycles. The SMILES string of the molecule is CNc1cc(C)nc(C2(C)CCCN2C(=O)c2cnco2)n1. The maximum Gasteiger partial charge on any atom is 0.292 e. The van der Waals surface area contributed by atoms with E-state index in [0.717, 1.165) is 24.4 Å². The number of aryl methyl sites for hydroxylation is 1. The summed E-state index contributed by atoms with van der Waals surface area (Å²) in [6.07, 6.45) is 4.43. The number of nitrogens with one attached hydrogen (secondary N) is 1. The minimum absolute atomic E-state index is 0.173. The zero-order chi connectivity index (χ0) is 15.7. The zero-order valence-corrected chi connectivity index (χ0v) is 13.0. The Hall–Kier alpha value is -2.44. The lowest BCUT2D eigenvalue weighted by Crippen LogP contribution is -2.44. The fourth-order valence-electron chi connectivity index (χ4n) is 2.91. The van der Waals surface area contributed by atoms with E-state index in [9.17, 15) is 4.79 Å².